The quantitative estimate of drug-likeness (QED) is 0.776. The highest BCUT2D eigenvalue weighted by atomic mass is 16.5. The van der Waals surface area contributed by atoms with Gasteiger partial charge in [-0.15, -0.1) is 0 Å². The lowest BCUT2D eigenvalue weighted by molar-refractivity contribution is -0.123. The Balaban J connectivity index is 2.29. The lowest BCUT2D eigenvalue weighted by atomic mass is 10.2. The zero-order chi connectivity index (χ0) is 12.0. The molecule has 0 saturated carbocycles. The van der Waals surface area contributed by atoms with E-state index in [0.29, 0.717) is 12.3 Å². The Morgan fingerprint density at radius 1 is 1.44 bits per heavy atom. The number of ether oxygens (including phenoxy) is 1. The normalized spacial score (nSPS) is 11.9. The Hall–Kier alpha value is -1.55. The number of hydrogen-bond acceptors (Lipinski definition) is 3. The van der Waals surface area contributed by atoms with Crippen LogP contribution >= 0.6 is 0 Å². The minimum Gasteiger partial charge on any atom is -0.484 e. The average molecular weight is 222 g/mol. The van der Waals surface area contributed by atoms with Gasteiger partial charge in [0.05, 0.1) is 0 Å². The summed E-state index contributed by atoms with van der Waals surface area (Å²) in [4.78, 5) is 11.3. The predicted molar refractivity (Wildman–Crippen MR) is 63.3 cm³/mol. The second-order valence-electron chi connectivity index (χ2n) is 3.88. The van der Waals surface area contributed by atoms with Crippen LogP contribution in [-0.2, 0) is 4.79 Å². The van der Waals surface area contributed by atoms with E-state index in [-0.39, 0.29) is 18.6 Å². The van der Waals surface area contributed by atoms with Crippen molar-refractivity contribution in [2.45, 2.75) is 19.9 Å². The molecular formula is C12H18N2O2. The molecule has 4 heteroatoms. The van der Waals surface area contributed by atoms with E-state index in [1.165, 1.54) is 0 Å². The van der Waals surface area contributed by atoms with Gasteiger partial charge < -0.3 is 15.8 Å². The summed E-state index contributed by atoms with van der Waals surface area (Å²) in [6.07, 6.45) is 0. The van der Waals surface area contributed by atoms with Crippen LogP contribution in [0.15, 0.2) is 24.3 Å². The molecule has 1 aromatic carbocycles. The maximum Gasteiger partial charge on any atom is 0.257 e. The van der Waals surface area contributed by atoms with Crippen LogP contribution in [0.1, 0.15) is 12.5 Å². The van der Waals surface area contributed by atoms with E-state index in [0.717, 1.165) is 5.56 Å². The molecule has 0 aromatic heterocycles. The lowest BCUT2D eigenvalue weighted by Crippen LogP contribution is -2.37. The summed E-state index contributed by atoms with van der Waals surface area (Å²) in [6.45, 7) is 4.33. The summed E-state index contributed by atoms with van der Waals surface area (Å²) in [7, 11) is 0. The van der Waals surface area contributed by atoms with Crippen LogP contribution < -0.4 is 15.8 Å². The third kappa shape index (κ3) is 4.79. The molecule has 1 aromatic rings. The van der Waals surface area contributed by atoms with Gasteiger partial charge in [0.1, 0.15) is 5.75 Å². The highest BCUT2D eigenvalue weighted by Crippen LogP contribution is 2.10. The van der Waals surface area contributed by atoms with Crippen molar-refractivity contribution < 1.29 is 9.53 Å². The number of rotatable bonds is 5. The SMILES string of the molecule is Cc1ccc(OCC(=O)NCC(C)N)cc1. The zero-order valence-electron chi connectivity index (χ0n) is 9.69. The molecule has 0 heterocycles. The van der Waals surface area contributed by atoms with Crippen molar-refractivity contribution in [3.63, 3.8) is 0 Å². The molecule has 0 aliphatic carbocycles. The summed E-state index contributed by atoms with van der Waals surface area (Å²) < 4.78 is 5.30. The molecular weight excluding hydrogens is 204 g/mol. The van der Waals surface area contributed by atoms with Gasteiger partial charge in [0, 0.05) is 12.6 Å². The molecule has 88 valence electrons. The standard InChI is InChI=1S/C12H18N2O2/c1-9-3-5-11(6-4-9)16-8-12(15)14-7-10(2)13/h3-6,10H,7-8,13H2,1-2H3,(H,14,15). The minimum absolute atomic E-state index is 0.0236. The van der Waals surface area contributed by atoms with Gasteiger partial charge in [-0.3, -0.25) is 4.79 Å². The Kier molecular flexibility index (Phi) is 4.79. The first-order valence-corrected chi connectivity index (χ1v) is 5.29. The second kappa shape index (κ2) is 6.12. The Morgan fingerprint density at radius 3 is 2.62 bits per heavy atom. The van der Waals surface area contributed by atoms with Gasteiger partial charge in [-0.2, -0.15) is 0 Å². The molecule has 1 rings (SSSR count). The summed E-state index contributed by atoms with van der Waals surface area (Å²) in [5.41, 5.74) is 6.67. The number of carbonyl (C=O) groups excluding carboxylic acids is 1. The number of benzene rings is 1. The first-order chi connectivity index (χ1) is 7.58. The van der Waals surface area contributed by atoms with Crippen LogP contribution in [0.3, 0.4) is 0 Å². The number of carbonyl (C=O) groups is 1. The third-order valence-corrected chi connectivity index (χ3v) is 2.01. The molecule has 1 unspecified atom stereocenters. The smallest absolute Gasteiger partial charge is 0.257 e. The maximum absolute atomic E-state index is 11.3. The number of nitrogens with one attached hydrogen (secondary N) is 1. The van der Waals surface area contributed by atoms with E-state index < -0.39 is 0 Å². The molecule has 16 heavy (non-hydrogen) atoms. The fraction of sp³-hybridized carbons (Fsp3) is 0.417. The van der Waals surface area contributed by atoms with Gasteiger partial charge in [0.25, 0.3) is 5.91 Å². The van der Waals surface area contributed by atoms with E-state index in [9.17, 15) is 4.79 Å². The van der Waals surface area contributed by atoms with E-state index in [1.807, 2.05) is 38.1 Å². The minimum atomic E-state index is -0.155. The van der Waals surface area contributed by atoms with Crippen LogP contribution in [0.5, 0.6) is 5.75 Å². The van der Waals surface area contributed by atoms with Gasteiger partial charge in [0.15, 0.2) is 6.61 Å². The summed E-state index contributed by atoms with van der Waals surface area (Å²) in [5, 5.41) is 2.67. The van der Waals surface area contributed by atoms with Crippen LogP contribution in [0.4, 0.5) is 0 Å². The first kappa shape index (κ1) is 12.5. The fourth-order valence-electron chi connectivity index (χ4n) is 1.11. The number of nitrogens with two attached hydrogens (primary N) is 1. The van der Waals surface area contributed by atoms with Crippen molar-refractivity contribution in [3.05, 3.63) is 29.8 Å². The van der Waals surface area contributed by atoms with Crippen molar-refractivity contribution in [1.82, 2.24) is 5.32 Å². The molecule has 0 aliphatic rings. The van der Waals surface area contributed by atoms with E-state index in [4.69, 9.17) is 10.5 Å². The van der Waals surface area contributed by atoms with E-state index in [2.05, 4.69) is 5.32 Å². The van der Waals surface area contributed by atoms with Gasteiger partial charge in [0.2, 0.25) is 0 Å². The fourth-order valence-corrected chi connectivity index (χ4v) is 1.11. The Labute approximate surface area is 95.8 Å². The van der Waals surface area contributed by atoms with Crippen molar-refractivity contribution in [2.75, 3.05) is 13.2 Å². The molecule has 0 spiro atoms. The van der Waals surface area contributed by atoms with Crippen molar-refractivity contribution in [1.29, 1.82) is 0 Å². The largest absolute Gasteiger partial charge is 0.484 e. The summed E-state index contributed by atoms with van der Waals surface area (Å²) >= 11 is 0. The van der Waals surface area contributed by atoms with Crippen LogP contribution in [0, 0.1) is 6.92 Å². The Morgan fingerprint density at radius 2 is 2.06 bits per heavy atom. The zero-order valence-corrected chi connectivity index (χ0v) is 9.69. The third-order valence-electron chi connectivity index (χ3n) is 2.01. The molecule has 3 N–H and O–H groups in total. The monoisotopic (exact) mass is 222 g/mol. The van der Waals surface area contributed by atoms with E-state index in [1.54, 1.807) is 0 Å². The highest BCUT2D eigenvalue weighted by molar-refractivity contribution is 5.77. The molecule has 4 nitrogen and oxygen atoms in total. The number of amides is 1. The molecule has 0 radical (unpaired) electrons. The molecule has 0 bridgehead atoms. The summed E-state index contributed by atoms with van der Waals surface area (Å²) in [6, 6.07) is 7.52. The lowest BCUT2D eigenvalue weighted by Gasteiger charge is -2.09. The molecule has 1 atom stereocenters. The predicted octanol–water partition coefficient (Wildman–Crippen LogP) is 0.837. The second-order valence-corrected chi connectivity index (χ2v) is 3.88. The van der Waals surface area contributed by atoms with Gasteiger partial charge in [-0.1, -0.05) is 17.7 Å². The van der Waals surface area contributed by atoms with Crippen LogP contribution in [-0.4, -0.2) is 25.1 Å². The average Bonchev–Trinajstić information content (AvgIpc) is 2.25. The molecule has 0 fully saturated rings. The van der Waals surface area contributed by atoms with E-state index >= 15 is 0 Å². The molecule has 0 saturated heterocycles. The van der Waals surface area contributed by atoms with Crippen molar-refractivity contribution in [2.24, 2.45) is 5.73 Å². The van der Waals surface area contributed by atoms with Gasteiger partial charge in [-0.05, 0) is 26.0 Å². The number of hydrogen-bond donors (Lipinski definition) is 2. The first-order valence-electron chi connectivity index (χ1n) is 5.29. The Bertz CT molecular complexity index is 333. The molecule has 0 aliphatic heterocycles. The topological polar surface area (TPSA) is 64.3 Å². The van der Waals surface area contributed by atoms with Gasteiger partial charge in [-0.25, -0.2) is 0 Å². The van der Waals surface area contributed by atoms with Gasteiger partial charge >= 0.3 is 0 Å². The van der Waals surface area contributed by atoms with Crippen molar-refractivity contribution >= 4 is 5.91 Å². The summed E-state index contributed by atoms with van der Waals surface area (Å²) in [5.74, 6) is 0.541. The van der Waals surface area contributed by atoms with Crippen LogP contribution in [0.25, 0.3) is 0 Å². The molecule has 1 amide bonds. The maximum atomic E-state index is 11.3. The number of aryl methyl sites for hydroxylation is 1. The highest BCUT2D eigenvalue weighted by Gasteiger charge is 2.03. The van der Waals surface area contributed by atoms with Crippen LogP contribution in [0.2, 0.25) is 0 Å². The van der Waals surface area contributed by atoms with Crippen molar-refractivity contribution in [3.8, 4) is 5.75 Å².